The number of rotatable bonds is 5. The minimum absolute atomic E-state index is 0.0528. The molecule has 6 nitrogen and oxygen atoms in total. The summed E-state index contributed by atoms with van der Waals surface area (Å²) in [4.78, 5) is 36.0. The molecule has 1 fully saturated rings. The van der Waals surface area contributed by atoms with Crippen molar-refractivity contribution in [3.63, 3.8) is 0 Å². The van der Waals surface area contributed by atoms with E-state index in [1.165, 1.54) is 17.0 Å². The van der Waals surface area contributed by atoms with E-state index in [4.69, 9.17) is 17.0 Å². The molecule has 2 rings (SSSR count). The first-order valence-electron chi connectivity index (χ1n) is 6.64. The molecule has 0 spiro atoms. The molecule has 23 heavy (non-hydrogen) atoms. The second-order valence-electron chi connectivity index (χ2n) is 4.48. The highest BCUT2D eigenvalue weighted by Crippen LogP contribution is 2.32. The highest BCUT2D eigenvalue weighted by molar-refractivity contribution is 8.26. The Morgan fingerprint density at radius 3 is 2.57 bits per heavy atom. The number of hydrogen-bond acceptors (Lipinski definition) is 7. The van der Waals surface area contributed by atoms with Crippen LogP contribution in [0, 0.1) is 0 Å². The van der Waals surface area contributed by atoms with Crippen molar-refractivity contribution in [2.45, 2.75) is 6.92 Å². The molecule has 8 heteroatoms. The molecule has 0 aliphatic carbocycles. The summed E-state index contributed by atoms with van der Waals surface area (Å²) in [6, 6.07) is 5.90. The lowest BCUT2D eigenvalue weighted by molar-refractivity contribution is -0.255. The zero-order valence-electron chi connectivity index (χ0n) is 12.1. The average molecular weight is 350 g/mol. The molecule has 0 radical (unpaired) electrons. The summed E-state index contributed by atoms with van der Waals surface area (Å²) in [5.41, 5.74) is 0.698. The second kappa shape index (κ2) is 7.38. The van der Waals surface area contributed by atoms with Crippen molar-refractivity contribution in [1.82, 2.24) is 4.90 Å². The quantitative estimate of drug-likeness (QED) is 0.441. The van der Waals surface area contributed by atoms with Crippen LogP contribution >= 0.6 is 24.0 Å². The molecule has 120 valence electrons. The smallest absolute Gasteiger partial charge is 0.326 e. The number of thioether (sulfide) groups is 1. The third kappa shape index (κ3) is 4.17. The Morgan fingerprint density at radius 2 is 2.00 bits per heavy atom. The Labute approximate surface area is 142 Å². The first-order chi connectivity index (χ1) is 10.9. The van der Waals surface area contributed by atoms with Crippen molar-refractivity contribution in [3.05, 3.63) is 40.3 Å². The lowest BCUT2D eigenvalue weighted by atomic mass is 10.1. The van der Waals surface area contributed by atoms with E-state index in [0.29, 0.717) is 10.5 Å². The Balaban J connectivity index is 2.14. The lowest BCUT2D eigenvalue weighted by Crippen LogP contribution is -2.34. The van der Waals surface area contributed by atoms with Gasteiger partial charge < -0.3 is 14.6 Å². The van der Waals surface area contributed by atoms with E-state index in [1.807, 2.05) is 0 Å². The fourth-order valence-corrected chi connectivity index (χ4v) is 3.09. The van der Waals surface area contributed by atoms with Crippen LogP contribution in [0.2, 0.25) is 0 Å². The third-order valence-corrected chi connectivity index (χ3v) is 4.29. The Kier molecular flexibility index (Phi) is 5.51. The predicted octanol–water partition coefficient (Wildman–Crippen LogP) is 0.814. The maximum Gasteiger partial charge on any atom is 0.326 e. The summed E-state index contributed by atoms with van der Waals surface area (Å²) in [7, 11) is 0. The Hall–Kier alpha value is -2.19. The molecule has 0 N–H and O–H groups in total. The zero-order chi connectivity index (χ0) is 17.0. The Bertz CT molecular complexity index is 696. The molecule has 1 amide bonds. The number of thiocarbonyl (C=S) groups is 1. The van der Waals surface area contributed by atoms with Crippen molar-refractivity contribution in [3.8, 4) is 0 Å². The van der Waals surface area contributed by atoms with Crippen LogP contribution in [-0.4, -0.2) is 40.2 Å². The van der Waals surface area contributed by atoms with E-state index in [1.54, 1.807) is 25.1 Å². The number of hydrogen-bond donors (Lipinski definition) is 0. The number of carboxylic acids is 1. The molecule has 1 aliphatic heterocycles. The summed E-state index contributed by atoms with van der Waals surface area (Å²) >= 11 is 6.18. The van der Waals surface area contributed by atoms with Gasteiger partial charge in [0.05, 0.1) is 17.5 Å². The monoisotopic (exact) mass is 350 g/mol. The predicted molar refractivity (Wildman–Crippen MR) is 87.3 cm³/mol. The third-order valence-electron chi connectivity index (χ3n) is 2.91. The van der Waals surface area contributed by atoms with Gasteiger partial charge in [0.15, 0.2) is 0 Å². The molecule has 0 unspecified atom stereocenters. The number of esters is 1. The van der Waals surface area contributed by atoms with Gasteiger partial charge >= 0.3 is 5.97 Å². The number of nitrogens with zero attached hydrogens (tertiary/aromatic N) is 1. The van der Waals surface area contributed by atoms with Crippen molar-refractivity contribution in [1.29, 1.82) is 0 Å². The van der Waals surface area contributed by atoms with Crippen LogP contribution in [0.5, 0.6) is 0 Å². The molecular formula is C15H12NO5S2-. The van der Waals surface area contributed by atoms with Gasteiger partial charge in [-0.3, -0.25) is 14.5 Å². The minimum Gasteiger partial charge on any atom is -0.545 e. The molecule has 1 aromatic rings. The Morgan fingerprint density at radius 1 is 1.35 bits per heavy atom. The number of carboxylic acid groups (broad SMARTS) is 1. The highest BCUT2D eigenvalue weighted by Gasteiger charge is 2.33. The van der Waals surface area contributed by atoms with Gasteiger partial charge in [-0.05, 0) is 24.1 Å². The maximum atomic E-state index is 12.3. The summed E-state index contributed by atoms with van der Waals surface area (Å²) in [5.74, 6) is -2.17. The largest absolute Gasteiger partial charge is 0.545 e. The zero-order valence-corrected chi connectivity index (χ0v) is 13.7. The molecule has 0 atom stereocenters. The van der Waals surface area contributed by atoms with E-state index in [0.717, 1.165) is 11.8 Å². The average Bonchev–Trinajstić information content (AvgIpc) is 2.76. The van der Waals surface area contributed by atoms with E-state index >= 15 is 0 Å². The van der Waals surface area contributed by atoms with Gasteiger partial charge in [-0.25, -0.2) is 0 Å². The van der Waals surface area contributed by atoms with Gasteiger partial charge in [0.2, 0.25) is 0 Å². The number of benzene rings is 1. The van der Waals surface area contributed by atoms with Crippen LogP contribution in [0.25, 0.3) is 6.08 Å². The van der Waals surface area contributed by atoms with E-state index < -0.39 is 11.9 Å². The molecule has 0 saturated carbocycles. The number of aromatic carboxylic acids is 1. The van der Waals surface area contributed by atoms with Crippen molar-refractivity contribution >= 4 is 52.2 Å². The minimum atomic E-state index is -1.27. The molecule has 1 aliphatic rings. The number of amides is 1. The van der Waals surface area contributed by atoms with E-state index in [9.17, 15) is 19.5 Å². The van der Waals surface area contributed by atoms with Crippen molar-refractivity contribution in [2.75, 3.05) is 13.2 Å². The van der Waals surface area contributed by atoms with Crippen LogP contribution in [0.1, 0.15) is 22.8 Å². The van der Waals surface area contributed by atoms with Crippen molar-refractivity contribution in [2.24, 2.45) is 0 Å². The standard InChI is InChI=1S/C15H13NO5S2/c1-2-21-12(17)8-16-13(18)11(23-15(16)22)7-9-3-5-10(6-4-9)14(19)20/h3-7H,2,8H2,1H3,(H,19,20)/p-1. The van der Waals surface area contributed by atoms with Crippen LogP contribution < -0.4 is 5.11 Å². The van der Waals surface area contributed by atoms with Crippen LogP contribution in [0.3, 0.4) is 0 Å². The molecular weight excluding hydrogens is 338 g/mol. The first kappa shape index (κ1) is 17.2. The summed E-state index contributed by atoms with van der Waals surface area (Å²) in [5, 5.41) is 10.7. The molecule has 1 heterocycles. The van der Waals surface area contributed by atoms with Crippen molar-refractivity contribution < 1.29 is 24.2 Å². The lowest BCUT2D eigenvalue weighted by Gasteiger charge is -2.12. The van der Waals surface area contributed by atoms with Gasteiger partial charge in [0.25, 0.3) is 5.91 Å². The number of carbonyl (C=O) groups is 3. The van der Waals surface area contributed by atoms with Gasteiger partial charge in [0, 0.05) is 0 Å². The topological polar surface area (TPSA) is 86.7 Å². The summed E-state index contributed by atoms with van der Waals surface area (Å²) < 4.78 is 5.09. The number of carbonyl (C=O) groups excluding carboxylic acids is 3. The molecule has 0 bridgehead atoms. The fraction of sp³-hybridized carbons (Fsp3) is 0.200. The summed E-state index contributed by atoms with van der Waals surface area (Å²) in [6.45, 7) is 1.69. The summed E-state index contributed by atoms with van der Waals surface area (Å²) in [6.07, 6.45) is 1.59. The van der Waals surface area contributed by atoms with E-state index in [2.05, 4.69) is 0 Å². The van der Waals surface area contributed by atoms with E-state index in [-0.39, 0.29) is 28.9 Å². The normalized spacial score (nSPS) is 16.0. The molecule has 1 aromatic carbocycles. The molecule has 0 aromatic heterocycles. The number of ether oxygens (including phenoxy) is 1. The van der Waals surface area contributed by atoms with Gasteiger partial charge in [-0.2, -0.15) is 0 Å². The first-order valence-corrected chi connectivity index (χ1v) is 7.87. The fourth-order valence-electron chi connectivity index (χ4n) is 1.84. The highest BCUT2D eigenvalue weighted by atomic mass is 32.2. The van der Waals surface area contributed by atoms with Gasteiger partial charge in [-0.15, -0.1) is 0 Å². The second-order valence-corrected chi connectivity index (χ2v) is 6.16. The molecule has 1 saturated heterocycles. The van der Waals surface area contributed by atoms with Crippen LogP contribution in [0.4, 0.5) is 0 Å². The SMILES string of the molecule is CCOC(=O)CN1C(=O)C(=Cc2ccc(C(=O)[O-])cc2)SC1=S. The maximum absolute atomic E-state index is 12.3. The van der Waals surface area contributed by atoms with Gasteiger partial charge in [-0.1, -0.05) is 48.2 Å². The van der Waals surface area contributed by atoms with Crippen LogP contribution in [0.15, 0.2) is 29.2 Å². The van der Waals surface area contributed by atoms with Crippen LogP contribution in [-0.2, 0) is 14.3 Å². The van der Waals surface area contributed by atoms with Gasteiger partial charge in [0.1, 0.15) is 10.9 Å².